The molecule has 1 unspecified atom stereocenters. The highest BCUT2D eigenvalue weighted by Crippen LogP contribution is 2.44. The Balaban J connectivity index is 2.47. The van der Waals surface area contributed by atoms with E-state index in [-0.39, 0.29) is 11.5 Å². The molecule has 0 saturated carbocycles. The predicted molar refractivity (Wildman–Crippen MR) is 75.0 cm³/mol. The van der Waals surface area contributed by atoms with Crippen molar-refractivity contribution in [1.29, 1.82) is 0 Å². The van der Waals surface area contributed by atoms with Crippen LogP contribution in [-0.2, 0) is 10.2 Å². The Morgan fingerprint density at radius 2 is 2.00 bits per heavy atom. The van der Waals surface area contributed by atoms with Crippen molar-refractivity contribution >= 4 is 0 Å². The Morgan fingerprint density at radius 3 is 2.42 bits per heavy atom. The van der Waals surface area contributed by atoms with E-state index in [1.165, 1.54) is 11.1 Å². The zero-order valence-electron chi connectivity index (χ0n) is 12.2. The molecule has 2 N–H and O–H groups in total. The molecule has 4 nitrogen and oxygen atoms in total. The van der Waals surface area contributed by atoms with Gasteiger partial charge in [-0.05, 0) is 31.9 Å². The second-order valence-electron chi connectivity index (χ2n) is 5.48. The van der Waals surface area contributed by atoms with Gasteiger partial charge >= 0.3 is 0 Å². The monoisotopic (exact) mass is 265 g/mol. The van der Waals surface area contributed by atoms with Gasteiger partial charge in [0.15, 0.2) is 0 Å². The second kappa shape index (κ2) is 5.39. The highest BCUT2D eigenvalue weighted by atomic mass is 16.5. The number of nitrogens with two attached hydrogens (primary N) is 1. The fourth-order valence-corrected chi connectivity index (χ4v) is 3.01. The lowest BCUT2D eigenvalue weighted by molar-refractivity contribution is -0.0677. The first-order valence-corrected chi connectivity index (χ1v) is 6.59. The summed E-state index contributed by atoms with van der Waals surface area (Å²) in [5.74, 6) is 1.68. The number of rotatable bonds is 5. The largest absolute Gasteiger partial charge is 0.497 e. The molecular formula is C15H23NO3. The molecule has 1 aliphatic heterocycles. The van der Waals surface area contributed by atoms with Crippen LogP contribution in [0.2, 0.25) is 0 Å². The van der Waals surface area contributed by atoms with Crippen LogP contribution in [0.5, 0.6) is 11.5 Å². The molecular weight excluding hydrogens is 242 g/mol. The summed E-state index contributed by atoms with van der Waals surface area (Å²) in [7, 11) is 3.36. The van der Waals surface area contributed by atoms with E-state index in [1.807, 2.05) is 19.1 Å². The number of benzene rings is 1. The Bertz CT molecular complexity index is 453. The molecule has 4 heteroatoms. The van der Waals surface area contributed by atoms with Gasteiger partial charge in [0.05, 0.1) is 27.4 Å². The van der Waals surface area contributed by atoms with Crippen LogP contribution in [0, 0.1) is 6.92 Å². The van der Waals surface area contributed by atoms with Crippen LogP contribution >= 0.6 is 0 Å². The van der Waals surface area contributed by atoms with Gasteiger partial charge in [0.25, 0.3) is 0 Å². The maximum Gasteiger partial charge on any atom is 0.126 e. The summed E-state index contributed by atoms with van der Waals surface area (Å²) in [6.07, 6.45) is 0.899. The van der Waals surface area contributed by atoms with Gasteiger partial charge in [0.2, 0.25) is 0 Å². The number of hydrogen-bond donors (Lipinski definition) is 1. The molecule has 1 atom stereocenters. The normalized spacial score (nSPS) is 18.6. The minimum atomic E-state index is -0.0180. The molecule has 19 heavy (non-hydrogen) atoms. The van der Waals surface area contributed by atoms with Crippen molar-refractivity contribution in [2.45, 2.75) is 31.7 Å². The van der Waals surface area contributed by atoms with Gasteiger partial charge < -0.3 is 19.9 Å². The zero-order chi connectivity index (χ0) is 14.0. The second-order valence-corrected chi connectivity index (χ2v) is 5.48. The van der Waals surface area contributed by atoms with Crippen molar-refractivity contribution < 1.29 is 14.2 Å². The van der Waals surface area contributed by atoms with Gasteiger partial charge in [-0.2, -0.15) is 0 Å². The lowest BCUT2D eigenvalue weighted by Gasteiger charge is -2.44. The minimum absolute atomic E-state index is 0.0180. The van der Waals surface area contributed by atoms with Crippen molar-refractivity contribution in [2.75, 3.05) is 27.4 Å². The average molecular weight is 265 g/mol. The number of methoxy groups -OCH3 is 2. The molecule has 1 aromatic carbocycles. The maximum atomic E-state index is 6.00. The van der Waals surface area contributed by atoms with Crippen LogP contribution in [0.15, 0.2) is 12.1 Å². The summed E-state index contributed by atoms with van der Waals surface area (Å²) in [5.41, 5.74) is 8.36. The third-order valence-corrected chi connectivity index (χ3v) is 3.73. The van der Waals surface area contributed by atoms with Crippen molar-refractivity contribution in [2.24, 2.45) is 5.73 Å². The van der Waals surface area contributed by atoms with E-state index in [2.05, 4.69) is 6.92 Å². The third-order valence-electron chi connectivity index (χ3n) is 3.73. The van der Waals surface area contributed by atoms with Crippen molar-refractivity contribution in [1.82, 2.24) is 0 Å². The molecule has 0 amide bonds. The topological polar surface area (TPSA) is 53.7 Å². The van der Waals surface area contributed by atoms with Crippen LogP contribution in [0.3, 0.4) is 0 Å². The average Bonchev–Trinajstić information content (AvgIpc) is 2.33. The number of hydrogen-bond acceptors (Lipinski definition) is 4. The molecule has 0 spiro atoms. The van der Waals surface area contributed by atoms with Crippen molar-refractivity contribution in [3.63, 3.8) is 0 Å². The van der Waals surface area contributed by atoms with Crippen molar-refractivity contribution in [3.8, 4) is 11.5 Å². The van der Waals surface area contributed by atoms with Gasteiger partial charge in [0, 0.05) is 23.1 Å². The summed E-state index contributed by atoms with van der Waals surface area (Å²) in [6.45, 7) is 5.53. The van der Waals surface area contributed by atoms with Crippen LogP contribution in [0.4, 0.5) is 0 Å². The highest BCUT2D eigenvalue weighted by molar-refractivity contribution is 5.51. The molecule has 1 aliphatic rings. The Kier molecular flexibility index (Phi) is 4.02. The molecule has 0 radical (unpaired) electrons. The molecule has 1 heterocycles. The lowest BCUT2D eigenvalue weighted by Crippen LogP contribution is -2.50. The first kappa shape index (κ1) is 14.2. The van der Waals surface area contributed by atoms with E-state index < -0.39 is 0 Å². The third kappa shape index (κ3) is 2.55. The summed E-state index contributed by atoms with van der Waals surface area (Å²) >= 11 is 0. The Hall–Kier alpha value is -1.26. The SMILES string of the molecule is COc1cc(C)c(C2(CC(C)N)COC2)c(OC)c1. The van der Waals surface area contributed by atoms with Crippen LogP contribution in [0.25, 0.3) is 0 Å². The maximum absolute atomic E-state index is 6.00. The van der Waals surface area contributed by atoms with E-state index in [0.717, 1.165) is 17.9 Å². The van der Waals surface area contributed by atoms with Crippen molar-refractivity contribution in [3.05, 3.63) is 23.3 Å². The van der Waals surface area contributed by atoms with Gasteiger partial charge in [-0.3, -0.25) is 0 Å². The standard InChI is InChI=1S/C15H23NO3/c1-10-5-12(17-3)6-13(18-4)14(10)15(7-11(2)16)8-19-9-15/h5-6,11H,7-9,16H2,1-4H3. The van der Waals surface area contributed by atoms with E-state index in [9.17, 15) is 0 Å². The van der Waals surface area contributed by atoms with Gasteiger partial charge in [-0.1, -0.05) is 0 Å². The summed E-state index contributed by atoms with van der Waals surface area (Å²) in [5, 5.41) is 0. The lowest BCUT2D eigenvalue weighted by atomic mass is 9.72. The highest BCUT2D eigenvalue weighted by Gasteiger charge is 2.44. The van der Waals surface area contributed by atoms with E-state index in [1.54, 1.807) is 14.2 Å². The van der Waals surface area contributed by atoms with Gasteiger partial charge in [0.1, 0.15) is 11.5 Å². The van der Waals surface area contributed by atoms with Gasteiger partial charge in [-0.25, -0.2) is 0 Å². The molecule has 0 bridgehead atoms. The summed E-state index contributed by atoms with van der Waals surface area (Å²) in [6, 6.07) is 4.11. The summed E-state index contributed by atoms with van der Waals surface area (Å²) < 4.78 is 16.3. The van der Waals surface area contributed by atoms with Crippen LogP contribution in [0.1, 0.15) is 24.5 Å². The first-order valence-electron chi connectivity index (χ1n) is 6.59. The van der Waals surface area contributed by atoms with E-state index in [0.29, 0.717) is 13.2 Å². The molecule has 0 aliphatic carbocycles. The predicted octanol–water partition coefficient (Wildman–Crippen LogP) is 2.02. The Labute approximate surface area is 114 Å². The molecule has 106 valence electrons. The van der Waals surface area contributed by atoms with Crippen LogP contribution in [-0.4, -0.2) is 33.5 Å². The molecule has 0 aromatic heterocycles. The zero-order valence-corrected chi connectivity index (χ0v) is 12.2. The van der Waals surface area contributed by atoms with Gasteiger partial charge in [-0.15, -0.1) is 0 Å². The fraction of sp³-hybridized carbons (Fsp3) is 0.600. The Morgan fingerprint density at radius 1 is 1.32 bits per heavy atom. The fourth-order valence-electron chi connectivity index (χ4n) is 3.01. The molecule has 1 fully saturated rings. The smallest absolute Gasteiger partial charge is 0.126 e. The first-order chi connectivity index (χ1) is 9.02. The molecule has 1 saturated heterocycles. The summed E-state index contributed by atoms with van der Waals surface area (Å²) in [4.78, 5) is 0. The van der Waals surface area contributed by atoms with E-state index >= 15 is 0 Å². The minimum Gasteiger partial charge on any atom is -0.497 e. The number of ether oxygens (including phenoxy) is 3. The van der Waals surface area contributed by atoms with E-state index in [4.69, 9.17) is 19.9 Å². The number of aryl methyl sites for hydroxylation is 1. The molecule has 1 aromatic rings. The quantitative estimate of drug-likeness (QED) is 0.885. The molecule has 2 rings (SSSR count). The van der Waals surface area contributed by atoms with Crippen LogP contribution < -0.4 is 15.2 Å².